The zero-order chi connectivity index (χ0) is 16.1. The van der Waals surface area contributed by atoms with Gasteiger partial charge in [-0.15, -0.1) is 0 Å². The molecule has 8 heteroatoms. The number of hydrogen-bond acceptors (Lipinski definition) is 6. The summed E-state index contributed by atoms with van der Waals surface area (Å²) in [5.74, 6) is 1.24. The van der Waals surface area contributed by atoms with Crippen LogP contribution in [0.2, 0.25) is 0 Å². The summed E-state index contributed by atoms with van der Waals surface area (Å²) >= 11 is 0. The summed E-state index contributed by atoms with van der Waals surface area (Å²) in [5, 5.41) is 2.84. The summed E-state index contributed by atoms with van der Waals surface area (Å²) in [6.07, 6.45) is 6.67. The molecule has 0 unspecified atom stereocenters. The van der Waals surface area contributed by atoms with Gasteiger partial charge in [0, 0.05) is 44.8 Å². The Bertz CT molecular complexity index is 658. The van der Waals surface area contributed by atoms with Crippen LogP contribution in [0, 0.1) is 0 Å². The number of piperazine rings is 1. The number of nitrogens with zero attached hydrogens (tertiary/aromatic N) is 5. The van der Waals surface area contributed by atoms with Crippen molar-refractivity contribution in [3.8, 4) is 5.88 Å². The summed E-state index contributed by atoms with van der Waals surface area (Å²) in [6, 6.07) is 3.36. The molecule has 0 aliphatic carbocycles. The topological polar surface area (TPSA) is 83.5 Å². The van der Waals surface area contributed by atoms with E-state index < -0.39 is 0 Å². The number of nitrogens with one attached hydrogen (secondary N) is 1. The highest BCUT2D eigenvalue weighted by molar-refractivity contribution is 5.90. The van der Waals surface area contributed by atoms with Crippen molar-refractivity contribution >= 4 is 17.5 Å². The average Bonchev–Trinajstić information content (AvgIpc) is 2.63. The molecule has 0 saturated carbocycles. The van der Waals surface area contributed by atoms with E-state index in [1.807, 2.05) is 0 Å². The average molecular weight is 314 g/mol. The third-order valence-corrected chi connectivity index (χ3v) is 3.65. The van der Waals surface area contributed by atoms with Gasteiger partial charge in [-0.2, -0.15) is 0 Å². The number of urea groups is 1. The van der Waals surface area contributed by atoms with E-state index in [4.69, 9.17) is 4.74 Å². The van der Waals surface area contributed by atoms with Gasteiger partial charge in [0.1, 0.15) is 11.5 Å². The van der Waals surface area contributed by atoms with E-state index in [0.29, 0.717) is 24.7 Å². The molecule has 1 aliphatic heterocycles. The third kappa shape index (κ3) is 3.47. The van der Waals surface area contributed by atoms with E-state index in [9.17, 15) is 4.79 Å². The highest BCUT2D eigenvalue weighted by Crippen LogP contribution is 2.20. The Kier molecular flexibility index (Phi) is 4.51. The van der Waals surface area contributed by atoms with Gasteiger partial charge in [0.2, 0.25) is 5.88 Å². The Hall–Kier alpha value is -2.90. The van der Waals surface area contributed by atoms with Crippen LogP contribution in [0.5, 0.6) is 5.88 Å². The highest BCUT2D eigenvalue weighted by Gasteiger charge is 2.22. The van der Waals surface area contributed by atoms with Crippen LogP contribution in [0.4, 0.5) is 16.3 Å². The van der Waals surface area contributed by atoms with E-state index in [2.05, 4.69) is 25.2 Å². The zero-order valence-electron chi connectivity index (χ0n) is 12.8. The fourth-order valence-corrected chi connectivity index (χ4v) is 2.44. The lowest BCUT2D eigenvalue weighted by Gasteiger charge is -2.35. The van der Waals surface area contributed by atoms with Crippen LogP contribution in [0.15, 0.2) is 36.9 Å². The summed E-state index contributed by atoms with van der Waals surface area (Å²) in [7, 11) is 1.53. The SMILES string of the molecule is COc1ncccc1NC(=O)N1CCN(c2cnccn2)CC1. The second-order valence-corrected chi connectivity index (χ2v) is 5.03. The minimum absolute atomic E-state index is 0.157. The van der Waals surface area contributed by atoms with Crippen LogP contribution in [0.1, 0.15) is 0 Å². The molecule has 1 fully saturated rings. The van der Waals surface area contributed by atoms with Gasteiger partial charge in [0.15, 0.2) is 0 Å². The standard InChI is InChI=1S/C15H18N6O2/c1-23-14-12(3-2-4-18-14)19-15(22)21-9-7-20(8-10-21)13-11-16-5-6-17-13/h2-6,11H,7-10H2,1H3,(H,19,22). The Morgan fingerprint density at radius 1 is 1.17 bits per heavy atom. The number of carbonyl (C=O) groups excluding carboxylic acids is 1. The van der Waals surface area contributed by atoms with E-state index >= 15 is 0 Å². The molecular formula is C15H18N6O2. The Morgan fingerprint density at radius 3 is 2.70 bits per heavy atom. The minimum Gasteiger partial charge on any atom is -0.480 e. The number of ether oxygens (including phenoxy) is 1. The number of aromatic nitrogens is 3. The Balaban J connectivity index is 1.58. The van der Waals surface area contributed by atoms with E-state index in [1.54, 1.807) is 41.8 Å². The molecule has 2 amide bonds. The van der Waals surface area contributed by atoms with Gasteiger partial charge in [0.05, 0.1) is 13.3 Å². The number of carbonyl (C=O) groups is 1. The number of hydrogen-bond donors (Lipinski definition) is 1. The molecule has 3 rings (SSSR count). The van der Waals surface area contributed by atoms with Gasteiger partial charge in [-0.3, -0.25) is 4.98 Å². The second-order valence-electron chi connectivity index (χ2n) is 5.03. The first-order valence-electron chi connectivity index (χ1n) is 7.34. The van der Waals surface area contributed by atoms with Crippen LogP contribution in [-0.4, -0.2) is 59.2 Å². The monoisotopic (exact) mass is 314 g/mol. The Labute approximate surface area is 134 Å². The van der Waals surface area contributed by atoms with Crippen molar-refractivity contribution in [2.24, 2.45) is 0 Å². The van der Waals surface area contributed by atoms with Gasteiger partial charge in [-0.05, 0) is 12.1 Å². The van der Waals surface area contributed by atoms with E-state index in [0.717, 1.165) is 18.9 Å². The predicted octanol–water partition coefficient (Wildman–Crippen LogP) is 1.23. The van der Waals surface area contributed by atoms with Crippen LogP contribution in [0.3, 0.4) is 0 Å². The van der Waals surface area contributed by atoms with Crippen molar-refractivity contribution in [3.63, 3.8) is 0 Å². The number of rotatable bonds is 3. The Morgan fingerprint density at radius 2 is 2.00 bits per heavy atom. The number of pyridine rings is 1. The van der Waals surface area contributed by atoms with Crippen LogP contribution >= 0.6 is 0 Å². The van der Waals surface area contributed by atoms with Crippen molar-refractivity contribution < 1.29 is 9.53 Å². The molecule has 0 spiro atoms. The number of amides is 2. The van der Waals surface area contributed by atoms with Gasteiger partial charge in [-0.1, -0.05) is 0 Å². The first-order chi connectivity index (χ1) is 11.3. The van der Waals surface area contributed by atoms with Gasteiger partial charge in [0.25, 0.3) is 0 Å². The molecule has 1 saturated heterocycles. The normalized spacial score (nSPS) is 14.5. The molecule has 0 atom stereocenters. The fraction of sp³-hybridized carbons (Fsp3) is 0.333. The van der Waals surface area contributed by atoms with Gasteiger partial charge >= 0.3 is 6.03 Å². The number of methoxy groups -OCH3 is 1. The van der Waals surface area contributed by atoms with Crippen molar-refractivity contribution in [2.45, 2.75) is 0 Å². The lowest BCUT2D eigenvalue weighted by molar-refractivity contribution is 0.208. The van der Waals surface area contributed by atoms with E-state index in [-0.39, 0.29) is 6.03 Å². The molecule has 0 aromatic carbocycles. The maximum atomic E-state index is 12.4. The maximum Gasteiger partial charge on any atom is 0.322 e. The number of anilines is 2. The molecule has 3 heterocycles. The van der Waals surface area contributed by atoms with Crippen LogP contribution in [-0.2, 0) is 0 Å². The molecule has 0 radical (unpaired) electrons. The predicted molar refractivity (Wildman–Crippen MR) is 85.6 cm³/mol. The summed E-state index contributed by atoms with van der Waals surface area (Å²) < 4.78 is 5.14. The van der Waals surface area contributed by atoms with Crippen molar-refractivity contribution in [1.82, 2.24) is 19.9 Å². The molecule has 1 aliphatic rings. The first-order valence-corrected chi connectivity index (χ1v) is 7.34. The molecule has 8 nitrogen and oxygen atoms in total. The van der Waals surface area contributed by atoms with Crippen LogP contribution < -0.4 is 15.0 Å². The smallest absolute Gasteiger partial charge is 0.322 e. The molecule has 120 valence electrons. The molecule has 1 N–H and O–H groups in total. The lowest BCUT2D eigenvalue weighted by atomic mass is 10.3. The third-order valence-electron chi connectivity index (χ3n) is 3.65. The van der Waals surface area contributed by atoms with Gasteiger partial charge < -0.3 is 19.9 Å². The minimum atomic E-state index is -0.157. The molecule has 2 aromatic rings. The van der Waals surface area contributed by atoms with Crippen molar-refractivity contribution in [3.05, 3.63) is 36.9 Å². The van der Waals surface area contributed by atoms with Crippen LogP contribution in [0.25, 0.3) is 0 Å². The zero-order valence-corrected chi connectivity index (χ0v) is 12.8. The molecule has 23 heavy (non-hydrogen) atoms. The van der Waals surface area contributed by atoms with Gasteiger partial charge in [-0.25, -0.2) is 14.8 Å². The first kappa shape index (κ1) is 15.0. The van der Waals surface area contributed by atoms with E-state index in [1.165, 1.54) is 7.11 Å². The molecule has 2 aromatic heterocycles. The second kappa shape index (κ2) is 6.91. The summed E-state index contributed by atoms with van der Waals surface area (Å²) in [4.78, 5) is 28.7. The largest absolute Gasteiger partial charge is 0.480 e. The lowest BCUT2D eigenvalue weighted by Crippen LogP contribution is -2.50. The highest BCUT2D eigenvalue weighted by atomic mass is 16.5. The summed E-state index contributed by atoms with van der Waals surface area (Å²) in [5.41, 5.74) is 0.566. The molecule has 0 bridgehead atoms. The maximum absolute atomic E-state index is 12.4. The molecular weight excluding hydrogens is 296 g/mol. The quantitative estimate of drug-likeness (QED) is 0.917. The summed E-state index contributed by atoms with van der Waals surface area (Å²) in [6.45, 7) is 2.67. The van der Waals surface area contributed by atoms with Crippen molar-refractivity contribution in [2.75, 3.05) is 43.5 Å². The van der Waals surface area contributed by atoms with Crippen molar-refractivity contribution in [1.29, 1.82) is 0 Å². The fourth-order valence-electron chi connectivity index (χ4n) is 2.44.